The Labute approximate surface area is 126 Å². The normalized spacial score (nSPS) is 20.5. The Balaban J connectivity index is 1.59. The first kappa shape index (κ1) is 14.5. The van der Waals surface area contributed by atoms with E-state index in [1.54, 1.807) is 0 Å². The Hall–Kier alpha value is -1.45. The number of benzene rings is 1. The molecule has 1 aliphatic rings. The van der Waals surface area contributed by atoms with Gasteiger partial charge in [-0.15, -0.1) is 0 Å². The minimum Gasteiger partial charge on any atom is -0.378 e. The monoisotopic (exact) mass is 284 g/mol. The average molecular weight is 284 g/mol. The van der Waals surface area contributed by atoms with Crippen LogP contribution in [-0.4, -0.2) is 23.7 Å². The number of fused-ring (bicyclic) bond motifs is 1. The van der Waals surface area contributed by atoms with Gasteiger partial charge in [0.15, 0.2) is 0 Å². The Bertz CT molecular complexity index is 573. The third kappa shape index (κ3) is 3.80. The van der Waals surface area contributed by atoms with Crippen LogP contribution in [0.2, 0.25) is 0 Å². The molecule has 3 rings (SSSR count). The van der Waals surface area contributed by atoms with Gasteiger partial charge in [0.1, 0.15) is 0 Å². The van der Waals surface area contributed by atoms with Crippen molar-refractivity contribution in [3.05, 3.63) is 42.1 Å². The molecule has 0 amide bonds. The van der Waals surface area contributed by atoms with Gasteiger partial charge in [-0.05, 0) is 56.2 Å². The number of nitrogens with two attached hydrogens (primary N) is 1. The molecule has 2 aromatic rings. The summed E-state index contributed by atoms with van der Waals surface area (Å²) in [5.41, 5.74) is 8.69. The van der Waals surface area contributed by atoms with Crippen LogP contribution in [0.15, 0.2) is 36.5 Å². The van der Waals surface area contributed by atoms with Crippen molar-refractivity contribution in [1.29, 1.82) is 0 Å². The lowest BCUT2D eigenvalue weighted by Crippen LogP contribution is -2.27. The second-order valence-electron chi connectivity index (χ2n) is 6.02. The molecule has 0 bridgehead atoms. The van der Waals surface area contributed by atoms with E-state index in [2.05, 4.69) is 29.2 Å². The molecular formula is C18H24N2O. The number of hydrogen-bond acceptors (Lipinski definition) is 3. The molecule has 2 unspecified atom stereocenters. The van der Waals surface area contributed by atoms with Crippen molar-refractivity contribution in [2.24, 2.45) is 5.73 Å². The number of para-hydroxylation sites is 1. The Morgan fingerprint density at radius 2 is 2.14 bits per heavy atom. The van der Waals surface area contributed by atoms with E-state index in [9.17, 15) is 0 Å². The van der Waals surface area contributed by atoms with Crippen LogP contribution in [0.1, 0.15) is 37.7 Å². The van der Waals surface area contributed by atoms with E-state index in [0.29, 0.717) is 6.10 Å². The lowest BCUT2D eigenvalue weighted by molar-refractivity contribution is 0.00916. The van der Waals surface area contributed by atoms with Crippen LogP contribution >= 0.6 is 0 Å². The molecule has 1 aromatic carbocycles. The van der Waals surface area contributed by atoms with Gasteiger partial charge in [0.25, 0.3) is 0 Å². The summed E-state index contributed by atoms with van der Waals surface area (Å²) in [4.78, 5) is 4.41. The zero-order valence-electron chi connectivity index (χ0n) is 12.5. The van der Waals surface area contributed by atoms with Crippen molar-refractivity contribution in [3.63, 3.8) is 0 Å². The van der Waals surface area contributed by atoms with Gasteiger partial charge in [0.05, 0.1) is 11.6 Å². The minimum absolute atomic E-state index is 0.196. The molecule has 112 valence electrons. The molecule has 3 nitrogen and oxygen atoms in total. The Morgan fingerprint density at radius 1 is 1.24 bits per heavy atom. The molecule has 2 atom stereocenters. The average Bonchev–Trinajstić information content (AvgIpc) is 2.54. The van der Waals surface area contributed by atoms with E-state index in [1.807, 2.05) is 12.3 Å². The van der Waals surface area contributed by atoms with Gasteiger partial charge in [-0.3, -0.25) is 4.98 Å². The summed E-state index contributed by atoms with van der Waals surface area (Å²) in [6.45, 7) is 0.925. The number of aromatic nitrogens is 1. The number of ether oxygens (including phenoxy) is 1. The first-order chi connectivity index (χ1) is 10.3. The summed E-state index contributed by atoms with van der Waals surface area (Å²) in [6, 6.07) is 10.6. The fourth-order valence-corrected chi connectivity index (χ4v) is 3.15. The standard InChI is InChI=1S/C18H24N2O/c19-15(8-9-16-5-3-4-12-21-16)13-14-10-11-20-18-7-2-1-6-17(14)18/h1-2,6-7,10-11,15-16H,3-5,8-9,12-13,19H2. The molecule has 2 heterocycles. The van der Waals surface area contributed by atoms with Crippen molar-refractivity contribution in [2.45, 2.75) is 50.7 Å². The smallest absolute Gasteiger partial charge is 0.0704 e. The highest BCUT2D eigenvalue weighted by Crippen LogP contribution is 2.21. The Morgan fingerprint density at radius 3 is 3.00 bits per heavy atom. The predicted octanol–water partition coefficient (Wildman–Crippen LogP) is 3.45. The summed E-state index contributed by atoms with van der Waals surface area (Å²) in [5, 5.41) is 1.23. The third-order valence-electron chi connectivity index (χ3n) is 4.35. The largest absolute Gasteiger partial charge is 0.378 e. The van der Waals surface area contributed by atoms with E-state index in [1.165, 1.54) is 30.2 Å². The summed E-state index contributed by atoms with van der Waals surface area (Å²) in [5.74, 6) is 0. The number of hydrogen-bond donors (Lipinski definition) is 1. The van der Waals surface area contributed by atoms with Crippen LogP contribution in [0, 0.1) is 0 Å². The summed E-state index contributed by atoms with van der Waals surface area (Å²) < 4.78 is 5.78. The molecule has 21 heavy (non-hydrogen) atoms. The van der Waals surface area contributed by atoms with Crippen molar-refractivity contribution in [3.8, 4) is 0 Å². The van der Waals surface area contributed by atoms with E-state index < -0.39 is 0 Å². The molecule has 1 fully saturated rings. The lowest BCUT2D eigenvalue weighted by Gasteiger charge is -2.24. The van der Waals surface area contributed by atoms with Gasteiger partial charge in [-0.25, -0.2) is 0 Å². The van der Waals surface area contributed by atoms with Crippen molar-refractivity contribution in [2.75, 3.05) is 6.61 Å². The molecule has 3 heteroatoms. The highest BCUT2D eigenvalue weighted by molar-refractivity contribution is 5.81. The second kappa shape index (κ2) is 7.01. The van der Waals surface area contributed by atoms with Gasteiger partial charge >= 0.3 is 0 Å². The summed E-state index contributed by atoms with van der Waals surface area (Å²) in [6.07, 6.45) is 9.06. The molecule has 1 aromatic heterocycles. The third-order valence-corrected chi connectivity index (χ3v) is 4.35. The zero-order chi connectivity index (χ0) is 14.5. The van der Waals surface area contributed by atoms with Gasteiger partial charge in [0.2, 0.25) is 0 Å². The molecule has 2 N–H and O–H groups in total. The Kier molecular flexibility index (Phi) is 4.84. The molecule has 0 radical (unpaired) electrons. The van der Waals surface area contributed by atoms with Crippen LogP contribution in [0.4, 0.5) is 0 Å². The zero-order valence-corrected chi connectivity index (χ0v) is 12.5. The molecular weight excluding hydrogens is 260 g/mol. The van der Waals surface area contributed by atoms with E-state index in [4.69, 9.17) is 10.5 Å². The number of nitrogens with zero attached hydrogens (tertiary/aromatic N) is 1. The fraction of sp³-hybridized carbons (Fsp3) is 0.500. The molecule has 0 aliphatic carbocycles. The predicted molar refractivity (Wildman–Crippen MR) is 86.2 cm³/mol. The quantitative estimate of drug-likeness (QED) is 0.914. The maximum absolute atomic E-state index is 6.34. The topological polar surface area (TPSA) is 48.1 Å². The van der Waals surface area contributed by atoms with Crippen LogP contribution < -0.4 is 5.73 Å². The van der Waals surface area contributed by atoms with Gasteiger partial charge in [0, 0.05) is 24.2 Å². The van der Waals surface area contributed by atoms with Crippen LogP contribution in [0.3, 0.4) is 0 Å². The van der Waals surface area contributed by atoms with Crippen LogP contribution in [0.5, 0.6) is 0 Å². The minimum atomic E-state index is 0.196. The number of pyridine rings is 1. The van der Waals surface area contributed by atoms with Crippen molar-refractivity contribution < 1.29 is 4.74 Å². The fourth-order valence-electron chi connectivity index (χ4n) is 3.15. The molecule has 1 aliphatic heterocycles. The van der Waals surface area contributed by atoms with E-state index >= 15 is 0 Å². The second-order valence-corrected chi connectivity index (χ2v) is 6.02. The maximum Gasteiger partial charge on any atom is 0.0704 e. The lowest BCUT2D eigenvalue weighted by atomic mass is 9.96. The first-order valence-corrected chi connectivity index (χ1v) is 8.03. The highest BCUT2D eigenvalue weighted by atomic mass is 16.5. The maximum atomic E-state index is 6.34. The molecule has 0 spiro atoms. The summed E-state index contributed by atoms with van der Waals surface area (Å²) >= 11 is 0. The molecule has 0 saturated carbocycles. The van der Waals surface area contributed by atoms with E-state index in [-0.39, 0.29) is 6.04 Å². The van der Waals surface area contributed by atoms with Crippen LogP contribution in [-0.2, 0) is 11.2 Å². The summed E-state index contributed by atoms with van der Waals surface area (Å²) in [7, 11) is 0. The SMILES string of the molecule is NC(CCC1CCCCO1)Cc1ccnc2ccccc12. The van der Waals surface area contributed by atoms with Gasteiger partial charge in [-0.2, -0.15) is 0 Å². The number of rotatable bonds is 5. The van der Waals surface area contributed by atoms with Gasteiger partial charge in [-0.1, -0.05) is 18.2 Å². The van der Waals surface area contributed by atoms with Crippen molar-refractivity contribution >= 4 is 10.9 Å². The van der Waals surface area contributed by atoms with Gasteiger partial charge < -0.3 is 10.5 Å². The first-order valence-electron chi connectivity index (χ1n) is 8.03. The highest BCUT2D eigenvalue weighted by Gasteiger charge is 2.15. The van der Waals surface area contributed by atoms with Crippen molar-refractivity contribution in [1.82, 2.24) is 4.98 Å². The molecule has 1 saturated heterocycles. The van der Waals surface area contributed by atoms with E-state index in [0.717, 1.165) is 31.4 Å². The van der Waals surface area contributed by atoms with Crippen LogP contribution in [0.25, 0.3) is 10.9 Å².